The average molecular weight is 333 g/mol. The third-order valence-corrected chi connectivity index (χ3v) is 4.66. The Labute approximate surface area is 141 Å². The molecule has 23 heavy (non-hydrogen) atoms. The summed E-state index contributed by atoms with van der Waals surface area (Å²) in [5.74, 6) is 0.759. The second-order valence-corrected chi connectivity index (χ2v) is 7.10. The molecule has 0 fully saturated rings. The molecule has 0 bridgehead atoms. The van der Waals surface area contributed by atoms with Gasteiger partial charge in [-0.15, -0.1) is 11.8 Å². The molecular weight excluding hydrogens is 310 g/mol. The van der Waals surface area contributed by atoms with Crippen LogP contribution in [0, 0.1) is 13.8 Å². The van der Waals surface area contributed by atoms with E-state index in [4.69, 9.17) is 4.52 Å². The minimum absolute atomic E-state index is 0.0921. The van der Waals surface area contributed by atoms with Gasteiger partial charge in [0.1, 0.15) is 5.76 Å². The van der Waals surface area contributed by atoms with Crippen LogP contribution >= 0.6 is 11.8 Å². The number of rotatable bonds is 6. The van der Waals surface area contributed by atoms with Crippen LogP contribution in [0.4, 0.5) is 4.79 Å². The number of aryl methyl sites for hydroxylation is 2. The lowest BCUT2D eigenvalue weighted by Crippen LogP contribution is -2.39. The molecule has 1 N–H and O–H groups in total. The predicted molar refractivity (Wildman–Crippen MR) is 92.6 cm³/mol. The van der Waals surface area contributed by atoms with E-state index in [0.717, 1.165) is 17.0 Å². The molecule has 2 amide bonds. The summed E-state index contributed by atoms with van der Waals surface area (Å²) in [7, 11) is 1.77. The molecule has 0 unspecified atom stereocenters. The van der Waals surface area contributed by atoms with Crippen LogP contribution in [0.1, 0.15) is 23.9 Å². The van der Waals surface area contributed by atoms with Crippen molar-refractivity contribution in [2.75, 3.05) is 13.6 Å². The molecule has 0 radical (unpaired) electrons. The summed E-state index contributed by atoms with van der Waals surface area (Å²) in [5, 5.41) is 7.18. The van der Waals surface area contributed by atoms with Crippen LogP contribution in [0.2, 0.25) is 0 Å². The fourth-order valence-electron chi connectivity index (χ4n) is 2.18. The highest BCUT2D eigenvalue weighted by Crippen LogP contribution is 2.22. The first-order valence-electron chi connectivity index (χ1n) is 7.59. The Hall–Kier alpha value is -1.95. The van der Waals surface area contributed by atoms with Gasteiger partial charge in [0.2, 0.25) is 0 Å². The first kappa shape index (κ1) is 17.4. The van der Waals surface area contributed by atoms with Gasteiger partial charge in [-0.05, 0) is 26.0 Å². The van der Waals surface area contributed by atoms with Crippen LogP contribution < -0.4 is 5.32 Å². The van der Waals surface area contributed by atoms with Crippen LogP contribution in [0.3, 0.4) is 0 Å². The molecule has 1 atom stereocenters. The Morgan fingerprint density at radius 1 is 1.35 bits per heavy atom. The van der Waals surface area contributed by atoms with E-state index < -0.39 is 0 Å². The van der Waals surface area contributed by atoms with Gasteiger partial charge in [-0.2, -0.15) is 0 Å². The number of amides is 2. The zero-order valence-electron chi connectivity index (χ0n) is 14.0. The first-order valence-corrected chi connectivity index (χ1v) is 8.47. The quantitative estimate of drug-likeness (QED) is 0.820. The molecule has 0 aliphatic carbocycles. The molecule has 124 valence electrons. The maximum Gasteiger partial charge on any atom is 0.317 e. The minimum atomic E-state index is -0.0921. The molecular formula is C17H23N3O2S. The lowest BCUT2D eigenvalue weighted by molar-refractivity contribution is 0.207. The fourth-order valence-corrected chi connectivity index (χ4v) is 3.12. The van der Waals surface area contributed by atoms with Crippen molar-refractivity contribution in [2.24, 2.45) is 0 Å². The van der Waals surface area contributed by atoms with E-state index >= 15 is 0 Å². The van der Waals surface area contributed by atoms with E-state index in [1.807, 2.05) is 32.0 Å². The monoisotopic (exact) mass is 333 g/mol. The molecule has 0 saturated carbocycles. The summed E-state index contributed by atoms with van der Waals surface area (Å²) in [6.07, 6.45) is 0. The largest absolute Gasteiger partial charge is 0.361 e. The van der Waals surface area contributed by atoms with Gasteiger partial charge in [-0.1, -0.05) is 30.3 Å². The van der Waals surface area contributed by atoms with E-state index in [2.05, 4.69) is 29.5 Å². The van der Waals surface area contributed by atoms with Crippen LogP contribution in [-0.2, 0) is 6.54 Å². The second kappa shape index (κ2) is 8.06. The SMILES string of the molecule is Cc1noc(C)c1CN(C)C(=O)NC[C@H](C)Sc1ccccc1. The van der Waals surface area contributed by atoms with E-state index in [1.54, 1.807) is 23.7 Å². The second-order valence-electron chi connectivity index (χ2n) is 5.59. The van der Waals surface area contributed by atoms with Crippen molar-refractivity contribution in [1.82, 2.24) is 15.4 Å². The van der Waals surface area contributed by atoms with E-state index in [1.165, 1.54) is 4.90 Å². The van der Waals surface area contributed by atoms with Crippen LogP contribution in [-0.4, -0.2) is 34.9 Å². The molecule has 0 spiro atoms. The van der Waals surface area contributed by atoms with Crippen molar-refractivity contribution >= 4 is 17.8 Å². The number of aromatic nitrogens is 1. The molecule has 2 rings (SSSR count). The zero-order valence-corrected chi connectivity index (χ0v) is 14.8. The van der Waals surface area contributed by atoms with Gasteiger partial charge in [0, 0.05) is 29.3 Å². The van der Waals surface area contributed by atoms with E-state index in [9.17, 15) is 4.79 Å². The number of carbonyl (C=O) groups is 1. The zero-order chi connectivity index (χ0) is 16.8. The minimum Gasteiger partial charge on any atom is -0.361 e. The molecule has 2 aromatic rings. The van der Waals surface area contributed by atoms with E-state index in [0.29, 0.717) is 18.3 Å². The molecule has 1 heterocycles. The lowest BCUT2D eigenvalue weighted by atomic mass is 10.2. The number of hydrogen-bond acceptors (Lipinski definition) is 4. The van der Waals surface area contributed by atoms with Gasteiger partial charge in [-0.3, -0.25) is 0 Å². The van der Waals surface area contributed by atoms with Gasteiger partial charge in [0.05, 0.1) is 12.2 Å². The standard InChI is InChI=1S/C17H23N3O2S/c1-12(23-15-8-6-5-7-9-15)10-18-17(21)20(4)11-16-13(2)19-22-14(16)3/h5-9,12H,10-11H2,1-4H3,(H,18,21)/t12-/m0/s1. The Kier molecular flexibility index (Phi) is 6.10. The number of benzene rings is 1. The van der Waals surface area contributed by atoms with Crippen LogP contribution in [0.5, 0.6) is 0 Å². The number of urea groups is 1. The molecule has 0 aliphatic heterocycles. The number of hydrogen-bond donors (Lipinski definition) is 1. The van der Waals surface area contributed by atoms with Crippen molar-refractivity contribution in [3.63, 3.8) is 0 Å². The van der Waals surface area contributed by atoms with Crippen molar-refractivity contribution in [1.29, 1.82) is 0 Å². The lowest BCUT2D eigenvalue weighted by Gasteiger charge is -2.19. The van der Waals surface area contributed by atoms with Gasteiger partial charge in [0.15, 0.2) is 0 Å². The molecule has 1 aromatic carbocycles. The number of thioether (sulfide) groups is 1. The highest BCUT2D eigenvalue weighted by Gasteiger charge is 2.16. The highest BCUT2D eigenvalue weighted by atomic mass is 32.2. The van der Waals surface area contributed by atoms with Crippen LogP contribution in [0.15, 0.2) is 39.8 Å². The molecule has 0 saturated heterocycles. The van der Waals surface area contributed by atoms with E-state index in [-0.39, 0.29) is 6.03 Å². The highest BCUT2D eigenvalue weighted by molar-refractivity contribution is 8.00. The fraction of sp³-hybridized carbons (Fsp3) is 0.412. The summed E-state index contributed by atoms with van der Waals surface area (Å²) >= 11 is 1.75. The number of carbonyl (C=O) groups excluding carboxylic acids is 1. The van der Waals surface area contributed by atoms with Crippen molar-refractivity contribution in [3.05, 3.63) is 47.3 Å². The number of nitrogens with one attached hydrogen (secondary N) is 1. The van der Waals surface area contributed by atoms with Crippen molar-refractivity contribution < 1.29 is 9.32 Å². The Morgan fingerprint density at radius 3 is 2.65 bits per heavy atom. The van der Waals surface area contributed by atoms with Gasteiger partial charge < -0.3 is 14.7 Å². The Morgan fingerprint density at radius 2 is 2.04 bits per heavy atom. The third kappa shape index (κ3) is 5.03. The normalized spacial score (nSPS) is 12.0. The summed E-state index contributed by atoms with van der Waals surface area (Å²) in [4.78, 5) is 15.1. The molecule has 1 aromatic heterocycles. The summed E-state index contributed by atoms with van der Waals surface area (Å²) in [6, 6.07) is 10.1. The summed E-state index contributed by atoms with van der Waals surface area (Å²) in [5.41, 5.74) is 1.80. The van der Waals surface area contributed by atoms with Gasteiger partial charge in [-0.25, -0.2) is 4.79 Å². The number of nitrogens with zero attached hydrogens (tertiary/aromatic N) is 2. The molecule has 0 aliphatic rings. The van der Waals surface area contributed by atoms with Crippen molar-refractivity contribution in [2.45, 2.75) is 37.5 Å². The first-order chi connectivity index (χ1) is 11.0. The Bertz CT molecular complexity index is 623. The predicted octanol–water partition coefficient (Wildman–Crippen LogP) is 3.61. The van der Waals surface area contributed by atoms with Crippen LogP contribution in [0.25, 0.3) is 0 Å². The smallest absolute Gasteiger partial charge is 0.317 e. The summed E-state index contributed by atoms with van der Waals surface area (Å²) in [6.45, 7) is 6.96. The average Bonchev–Trinajstić information content (AvgIpc) is 2.85. The maximum absolute atomic E-state index is 12.2. The van der Waals surface area contributed by atoms with Gasteiger partial charge >= 0.3 is 6.03 Å². The van der Waals surface area contributed by atoms with Crippen molar-refractivity contribution in [3.8, 4) is 0 Å². The third-order valence-electron chi connectivity index (χ3n) is 3.54. The maximum atomic E-state index is 12.2. The molecule has 5 nitrogen and oxygen atoms in total. The summed E-state index contributed by atoms with van der Waals surface area (Å²) < 4.78 is 5.13. The molecule has 6 heteroatoms. The Balaban J connectivity index is 1.80. The topological polar surface area (TPSA) is 58.4 Å². The van der Waals surface area contributed by atoms with Gasteiger partial charge in [0.25, 0.3) is 0 Å².